The Hall–Kier alpha value is -0.810. The van der Waals surface area contributed by atoms with Gasteiger partial charge in [0.15, 0.2) is 0 Å². The van der Waals surface area contributed by atoms with Crippen LogP contribution in [0.1, 0.15) is 26.2 Å². The van der Waals surface area contributed by atoms with E-state index in [2.05, 4.69) is 5.32 Å². The van der Waals surface area contributed by atoms with E-state index in [-0.39, 0.29) is 18.1 Å². The second-order valence-electron chi connectivity index (χ2n) is 5.22. The second kappa shape index (κ2) is 5.69. The van der Waals surface area contributed by atoms with Crippen LogP contribution < -0.4 is 11.1 Å². The molecule has 98 valence electrons. The van der Waals surface area contributed by atoms with Crippen molar-refractivity contribution in [2.24, 2.45) is 11.7 Å². The number of urea groups is 1. The summed E-state index contributed by atoms with van der Waals surface area (Å²) in [7, 11) is 0. The van der Waals surface area contributed by atoms with Gasteiger partial charge in [-0.25, -0.2) is 4.79 Å². The number of carbonyl (C=O) groups excluding carboxylic acids is 1. The number of nitrogens with two attached hydrogens (primary N) is 1. The zero-order valence-electron chi connectivity index (χ0n) is 10.5. The van der Waals surface area contributed by atoms with E-state index in [1.807, 2.05) is 11.8 Å². The third-order valence-corrected chi connectivity index (χ3v) is 3.75. The molecule has 2 rings (SSSR count). The summed E-state index contributed by atoms with van der Waals surface area (Å²) in [5, 5.41) is 3.03. The van der Waals surface area contributed by atoms with E-state index in [4.69, 9.17) is 10.5 Å². The maximum absolute atomic E-state index is 12.0. The number of hydrogen-bond donors (Lipinski definition) is 2. The van der Waals surface area contributed by atoms with Crippen molar-refractivity contribution < 1.29 is 9.53 Å². The van der Waals surface area contributed by atoms with Crippen LogP contribution in [0, 0.1) is 5.92 Å². The number of nitrogens with zero attached hydrogens (tertiary/aromatic N) is 1. The first-order valence-electron chi connectivity index (χ1n) is 6.55. The molecule has 3 unspecified atom stereocenters. The molecular formula is C12H23N3O2. The molecule has 2 aliphatic rings. The molecular weight excluding hydrogens is 218 g/mol. The Kier molecular flexibility index (Phi) is 4.23. The molecule has 2 heterocycles. The SMILES string of the molecule is CC(N)C1CCCN(C(=O)NC2CCOC2)C1. The summed E-state index contributed by atoms with van der Waals surface area (Å²) in [5.74, 6) is 0.439. The van der Waals surface area contributed by atoms with E-state index in [1.54, 1.807) is 0 Å². The van der Waals surface area contributed by atoms with Gasteiger partial charge in [0.2, 0.25) is 0 Å². The monoisotopic (exact) mass is 241 g/mol. The second-order valence-corrected chi connectivity index (χ2v) is 5.22. The zero-order valence-corrected chi connectivity index (χ0v) is 10.5. The Morgan fingerprint density at radius 3 is 3.00 bits per heavy atom. The van der Waals surface area contributed by atoms with Crippen LogP contribution in [-0.4, -0.2) is 49.3 Å². The van der Waals surface area contributed by atoms with Crippen LogP contribution in [0.5, 0.6) is 0 Å². The lowest BCUT2D eigenvalue weighted by atomic mass is 9.92. The Morgan fingerprint density at radius 2 is 2.35 bits per heavy atom. The van der Waals surface area contributed by atoms with E-state index in [1.165, 1.54) is 0 Å². The molecule has 2 fully saturated rings. The van der Waals surface area contributed by atoms with Crippen LogP contribution in [-0.2, 0) is 4.74 Å². The van der Waals surface area contributed by atoms with E-state index in [0.717, 1.165) is 39.0 Å². The summed E-state index contributed by atoms with van der Waals surface area (Å²) in [6, 6.07) is 0.407. The molecule has 0 aromatic carbocycles. The van der Waals surface area contributed by atoms with Gasteiger partial charge in [-0.3, -0.25) is 0 Å². The minimum absolute atomic E-state index is 0.0471. The van der Waals surface area contributed by atoms with Gasteiger partial charge in [0, 0.05) is 25.7 Å². The minimum atomic E-state index is 0.0471. The number of carbonyl (C=O) groups is 1. The zero-order chi connectivity index (χ0) is 12.3. The standard InChI is InChI=1S/C12H23N3O2/c1-9(13)10-3-2-5-15(7-10)12(16)14-11-4-6-17-8-11/h9-11H,2-8,13H2,1H3,(H,14,16). The van der Waals surface area contributed by atoms with Crippen LogP contribution in [0.4, 0.5) is 4.79 Å². The molecule has 5 heteroatoms. The average molecular weight is 241 g/mol. The fourth-order valence-corrected chi connectivity index (χ4v) is 2.54. The molecule has 0 aliphatic carbocycles. The predicted octanol–water partition coefficient (Wildman–Crippen LogP) is 0.544. The highest BCUT2D eigenvalue weighted by Crippen LogP contribution is 2.19. The molecule has 2 aliphatic heterocycles. The summed E-state index contributed by atoms with van der Waals surface area (Å²) < 4.78 is 5.25. The number of hydrogen-bond acceptors (Lipinski definition) is 3. The molecule has 0 spiro atoms. The molecule has 17 heavy (non-hydrogen) atoms. The first-order chi connectivity index (χ1) is 8.16. The molecule has 0 saturated carbocycles. The maximum Gasteiger partial charge on any atom is 0.317 e. The first-order valence-corrected chi connectivity index (χ1v) is 6.55. The highest BCUT2D eigenvalue weighted by Gasteiger charge is 2.27. The van der Waals surface area contributed by atoms with Crippen molar-refractivity contribution in [1.29, 1.82) is 0 Å². The Morgan fingerprint density at radius 1 is 1.53 bits per heavy atom. The summed E-state index contributed by atoms with van der Waals surface area (Å²) >= 11 is 0. The molecule has 3 atom stereocenters. The van der Waals surface area contributed by atoms with E-state index >= 15 is 0 Å². The third kappa shape index (κ3) is 3.33. The third-order valence-electron chi connectivity index (χ3n) is 3.75. The Labute approximate surface area is 103 Å². The quantitative estimate of drug-likeness (QED) is 0.741. The number of likely N-dealkylation sites (tertiary alicyclic amines) is 1. The molecule has 0 aromatic heterocycles. The van der Waals surface area contributed by atoms with Crippen molar-refractivity contribution in [2.75, 3.05) is 26.3 Å². The van der Waals surface area contributed by atoms with E-state index < -0.39 is 0 Å². The van der Waals surface area contributed by atoms with Crippen molar-refractivity contribution in [3.05, 3.63) is 0 Å². The van der Waals surface area contributed by atoms with Gasteiger partial charge in [-0.2, -0.15) is 0 Å². The average Bonchev–Trinajstić information content (AvgIpc) is 2.82. The molecule has 2 saturated heterocycles. The highest BCUT2D eigenvalue weighted by atomic mass is 16.5. The van der Waals surface area contributed by atoms with Gasteiger partial charge in [-0.05, 0) is 32.1 Å². The fourth-order valence-electron chi connectivity index (χ4n) is 2.54. The van der Waals surface area contributed by atoms with Crippen molar-refractivity contribution in [3.8, 4) is 0 Å². The highest BCUT2D eigenvalue weighted by molar-refractivity contribution is 5.74. The van der Waals surface area contributed by atoms with Gasteiger partial charge in [-0.15, -0.1) is 0 Å². The van der Waals surface area contributed by atoms with Gasteiger partial charge >= 0.3 is 6.03 Å². The number of nitrogens with one attached hydrogen (secondary N) is 1. The Balaban J connectivity index is 1.81. The van der Waals surface area contributed by atoms with E-state index in [0.29, 0.717) is 12.5 Å². The van der Waals surface area contributed by atoms with Crippen molar-refractivity contribution in [3.63, 3.8) is 0 Å². The summed E-state index contributed by atoms with van der Waals surface area (Å²) in [5.41, 5.74) is 5.91. The lowest BCUT2D eigenvalue weighted by Gasteiger charge is -2.35. The van der Waals surface area contributed by atoms with Gasteiger partial charge in [0.25, 0.3) is 0 Å². The number of piperidine rings is 1. The fraction of sp³-hybridized carbons (Fsp3) is 0.917. The number of ether oxygens (including phenoxy) is 1. The molecule has 0 bridgehead atoms. The van der Waals surface area contributed by atoms with Crippen molar-refractivity contribution >= 4 is 6.03 Å². The summed E-state index contributed by atoms with van der Waals surface area (Å²) in [6.45, 7) is 5.07. The maximum atomic E-state index is 12.0. The minimum Gasteiger partial charge on any atom is -0.379 e. The topological polar surface area (TPSA) is 67.6 Å². The summed E-state index contributed by atoms with van der Waals surface area (Å²) in [6.07, 6.45) is 3.12. The molecule has 0 radical (unpaired) electrons. The van der Waals surface area contributed by atoms with Gasteiger partial charge < -0.3 is 20.7 Å². The van der Waals surface area contributed by atoms with Gasteiger partial charge in [-0.1, -0.05) is 0 Å². The van der Waals surface area contributed by atoms with Crippen LogP contribution in [0.3, 0.4) is 0 Å². The van der Waals surface area contributed by atoms with Gasteiger partial charge in [0.1, 0.15) is 0 Å². The molecule has 0 aromatic rings. The van der Waals surface area contributed by atoms with Gasteiger partial charge in [0.05, 0.1) is 12.6 Å². The van der Waals surface area contributed by atoms with Crippen molar-refractivity contribution in [2.45, 2.75) is 38.3 Å². The number of rotatable bonds is 2. The largest absolute Gasteiger partial charge is 0.379 e. The summed E-state index contributed by atoms with van der Waals surface area (Å²) in [4.78, 5) is 13.9. The van der Waals surface area contributed by atoms with Crippen LogP contribution in [0.15, 0.2) is 0 Å². The smallest absolute Gasteiger partial charge is 0.317 e. The molecule has 2 amide bonds. The first kappa shape index (κ1) is 12.6. The lowest BCUT2D eigenvalue weighted by Crippen LogP contribution is -2.51. The lowest BCUT2D eigenvalue weighted by molar-refractivity contribution is 0.151. The normalized spacial score (nSPS) is 31.3. The Bertz CT molecular complexity index is 264. The molecule has 3 N–H and O–H groups in total. The van der Waals surface area contributed by atoms with Crippen molar-refractivity contribution in [1.82, 2.24) is 10.2 Å². The van der Waals surface area contributed by atoms with Crippen LogP contribution in [0.2, 0.25) is 0 Å². The predicted molar refractivity (Wildman–Crippen MR) is 65.7 cm³/mol. The molecule has 5 nitrogen and oxygen atoms in total. The van der Waals surface area contributed by atoms with E-state index in [9.17, 15) is 4.79 Å². The number of amides is 2. The van der Waals surface area contributed by atoms with Crippen LogP contribution in [0.25, 0.3) is 0 Å². The van der Waals surface area contributed by atoms with Crippen LogP contribution >= 0.6 is 0 Å².